The largest absolute Gasteiger partial charge is 0.416 e. The van der Waals surface area contributed by atoms with Gasteiger partial charge < -0.3 is 4.90 Å². The third-order valence-electron chi connectivity index (χ3n) is 7.36. The summed E-state index contributed by atoms with van der Waals surface area (Å²) in [5.74, 6) is 0.970. The number of nitrogens with zero attached hydrogens (tertiary/aromatic N) is 1. The second kappa shape index (κ2) is 7.62. The van der Waals surface area contributed by atoms with Crippen LogP contribution in [0.15, 0.2) is 71.0 Å². The summed E-state index contributed by atoms with van der Waals surface area (Å²) in [6, 6.07) is 0.258. The van der Waals surface area contributed by atoms with E-state index in [-0.39, 0.29) is 23.8 Å². The zero-order valence-electron chi connectivity index (χ0n) is 18.3. The number of likely N-dealkylation sites (N-methyl/N-ethyl adjacent to an activating group) is 1. The third-order valence-corrected chi connectivity index (χ3v) is 7.36. The zero-order valence-corrected chi connectivity index (χ0v) is 18.3. The van der Waals surface area contributed by atoms with Gasteiger partial charge in [0.05, 0.1) is 11.6 Å². The molecule has 0 aromatic rings. The summed E-state index contributed by atoms with van der Waals surface area (Å²) in [6.07, 6.45) is 10.4. The van der Waals surface area contributed by atoms with E-state index in [0.29, 0.717) is 11.8 Å². The lowest BCUT2D eigenvalue weighted by atomic mass is 9.61. The molecule has 0 saturated carbocycles. The molecule has 0 radical (unpaired) electrons. The van der Waals surface area contributed by atoms with E-state index in [1.165, 1.54) is 23.3 Å². The molecule has 4 heteroatoms. The van der Waals surface area contributed by atoms with Crippen molar-refractivity contribution in [1.82, 2.24) is 4.90 Å². The van der Waals surface area contributed by atoms with Gasteiger partial charge in [0.1, 0.15) is 0 Å². The summed E-state index contributed by atoms with van der Waals surface area (Å²) in [6.45, 7) is 10.3. The molecule has 30 heavy (non-hydrogen) atoms. The van der Waals surface area contributed by atoms with Crippen molar-refractivity contribution in [3.8, 4) is 0 Å². The molecule has 4 aliphatic rings. The maximum absolute atomic E-state index is 13.7. The molecule has 0 amide bonds. The Labute approximate surface area is 178 Å². The van der Waals surface area contributed by atoms with Crippen molar-refractivity contribution >= 4 is 0 Å². The Balaban J connectivity index is 1.73. The van der Waals surface area contributed by atoms with Crippen LogP contribution in [-0.2, 0) is 0 Å². The molecule has 0 bridgehead atoms. The maximum atomic E-state index is 13.7. The Kier molecular flexibility index (Phi) is 5.40. The second-order valence-electron chi connectivity index (χ2n) is 9.79. The topological polar surface area (TPSA) is 3.24 Å². The van der Waals surface area contributed by atoms with Crippen molar-refractivity contribution in [3.05, 3.63) is 71.0 Å². The monoisotopic (exact) mass is 415 g/mol. The van der Waals surface area contributed by atoms with E-state index in [1.54, 1.807) is 0 Å². The van der Waals surface area contributed by atoms with Crippen LogP contribution in [0.4, 0.5) is 13.2 Å². The Hall–Kier alpha value is -1.97. The van der Waals surface area contributed by atoms with Gasteiger partial charge in [-0.25, -0.2) is 0 Å². The highest BCUT2D eigenvalue weighted by atomic mass is 19.4. The number of hydrogen-bond donors (Lipinski definition) is 0. The molecule has 0 N–H and O–H groups in total. The van der Waals surface area contributed by atoms with Crippen molar-refractivity contribution in [3.63, 3.8) is 0 Å². The molecule has 0 saturated heterocycles. The Morgan fingerprint density at radius 1 is 1.23 bits per heavy atom. The second-order valence-corrected chi connectivity index (χ2v) is 9.79. The Morgan fingerprint density at radius 3 is 2.60 bits per heavy atom. The number of allylic oxidation sites excluding steroid dienone is 9. The first kappa shape index (κ1) is 21.3. The summed E-state index contributed by atoms with van der Waals surface area (Å²) >= 11 is 0. The lowest BCUT2D eigenvalue weighted by molar-refractivity contribution is -0.0893. The summed E-state index contributed by atoms with van der Waals surface area (Å²) in [5, 5.41) is 0. The molecule has 0 aromatic carbocycles. The van der Waals surface area contributed by atoms with Crippen LogP contribution in [0, 0.1) is 29.6 Å². The lowest BCUT2D eigenvalue weighted by Crippen LogP contribution is -2.46. The molecule has 0 spiro atoms. The Morgan fingerprint density at radius 2 is 1.97 bits per heavy atom. The van der Waals surface area contributed by atoms with Gasteiger partial charge in [-0.15, -0.1) is 0 Å². The number of halogens is 3. The maximum Gasteiger partial charge on any atom is 0.416 e. The quantitative estimate of drug-likeness (QED) is 0.439. The van der Waals surface area contributed by atoms with Gasteiger partial charge in [0, 0.05) is 13.0 Å². The minimum absolute atomic E-state index is 0.0202. The fourth-order valence-electron chi connectivity index (χ4n) is 6.28. The smallest absolute Gasteiger partial charge is 0.374 e. The van der Waals surface area contributed by atoms with Crippen molar-refractivity contribution in [2.24, 2.45) is 29.6 Å². The van der Waals surface area contributed by atoms with Crippen LogP contribution in [-0.4, -0.2) is 24.2 Å². The molecule has 0 fully saturated rings. The highest BCUT2D eigenvalue weighted by molar-refractivity contribution is 5.47. The van der Waals surface area contributed by atoms with Crippen LogP contribution in [0.1, 0.15) is 40.0 Å². The van der Waals surface area contributed by atoms with Crippen LogP contribution in [0.5, 0.6) is 0 Å². The minimum atomic E-state index is -4.33. The minimum Gasteiger partial charge on any atom is -0.374 e. The lowest BCUT2D eigenvalue weighted by Gasteiger charge is -2.49. The predicted octanol–water partition coefficient (Wildman–Crippen LogP) is 6.99. The normalized spacial score (nSPS) is 36.2. The highest BCUT2D eigenvalue weighted by Crippen LogP contribution is 2.51. The molecular formula is C26H32F3N. The highest BCUT2D eigenvalue weighted by Gasteiger charge is 2.46. The molecule has 3 aliphatic carbocycles. The van der Waals surface area contributed by atoms with Crippen molar-refractivity contribution in [1.29, 1.82) is 0 Å². The summed E-state index contributed by atoms with van der Waals surface area (Å²) in [5.41, 5.74) is 3.73. The van der Waals surface area contributed by atoms with Crippen molar-refractivity contribution < 1.29 is 13.2 Å². The molecule has 1 heterocycles. The van der Waals surface area contributed by atoms with Crippen LogP contribution in [0.25, 0.3) is 0 Å². The molecule has 162 valence electrons. The van der Waals surface area contributed by atoms with Gasteiger partial charge in [-0.2, -0.15) is 13.2 Å². The van der Waals surface area contributed by atoms with E-state index >= 15 is 0 Å². The van der Waals surface area contributed by atoms with Crippen molar-refractivity contribution in [2.75, 3.05) is 7.05 Å². The standard InChI is InChI=1S/C26H32F3N/c1-15(2)23-13-19(26(27,28)29)14-24-20(23)6-7-22-21(24)8-9-30(5)25(22)18-11-16(3)10-17(4)12-18/h7-10,13-14,16,18,20-21,24-25H,1,6,11-12H2,2-5H3. The molecule has 1 nitrogen and oxygen atoms in total. The fourth-order valence-corrected chi connectivity index (χ4v) is 6.28. The molecular weight excluding hydrogens is 383 g/mol. The van der Waals surface area contributed by atoms with Gasteiger partial charge in [-0.3, -0.25) is 0 Å². The predicted molar refractivity (Wildman–Crippen MR) is 117 cm³/mol. The van der Waals surface area contributed by atoms with Crippen molar-refractivity contribution in [2.45, 2.75) is 52.3 Å². The molecule has 6 unspecified atom stereocenters. The van der Waals surface area contributed by atoms with E-state index in [1.807, 2.05) is 6.92 Å². The molecule has 4 rings (SSSR count). The van der Waals surface area contributed by atoms with Gasteiger partial charge in [0.25, 0.3) is 0 Å². The number of hydrogen-bond acceptors (Lipinski definition) is 1. The van der Waals surface area contributed by atoms with Gasteiger partial charge in [0.15, 0.2) is 0 Å². The molecule has 0 aromatic heterocycles. The zero-order chi connectivity index (χ0) is 21.8. The first-order chi connectivity index (χ1) is 14.1. The van der Waals surface area contributed by atoms with Crippen LogP contribution in [0.2, 0.25) is 0 Å². The Bertz CT molecular complexity index is 882. The third kappa shape index (κ3) is 3.74. The summed E-state index contributed by atoms with van der Waals surface area (Å²) < 4.78 is 41.1. The molecule has 1 aliphatic heterocycles. The van der Waals surface area contributed by atoms with Gasteiger partial charge >= 0.3 is 6.18 Å². The summed E-state index contributed by atoms with van der Waals surface area (Å²) in [4.78, 5) is 2.28. The van der Waals surface area contributed by atoms with E-state index < -0.39 is 11.7 Å². The number of alkyl halides is 3. The fraction of sp³-hybridized carbons (Fsp3) is 0.538. The van der Waals surface area contributed by atoms with Crippen LogP contribution >= 0.6 is 0 Å². The SMILES string of the molecule is C=C(C)C1=CC(C(F)(F)F)=CC2C3C=CN(C)C(C4CC(C)=CC(C)C4)C3=CCC12. The molecule has 6 atom stereocenters. The average molecular weight is 416 g/mol. The van der Waals surface area contributed by atoms with E-state index in [2.05, 4.69) is 56.8 Å². The number of rotatable bonds is 2. The van der Waals surface area contributed by atoms with Crippen LogP contribution < -0.4 is 0 Å². The average Bonchev–Trinajstić information content (AvgIpc) is 2.64. The van der Waals surface area contributed by atoms with E-state index in [4.69, 9.17) is 0 Å². The van der Waals surface area contributed by atoms with Gasteiger partial charge in [-0.05, 0) is 80.2 Å². The first-order valence-corrected chi connectivity index (χ1v) is 11.0. The first-order valence-electron chi connectivity index (χ1n) is 11.0. The number of fused-ring (bicyclic) bond motifs is 3. The summed E-state index contributed by atoms with van der Waals surface area (Å²) in [7, 11) is 2.11. The van der Waals surface area contributed by atoms with Crippen LogP contribution in [0.3, 0.4) is 0 Å². The van der Waals surface area contributed by atoms with Gasteiger partial charge in [-0.1, -0.05) is 49.0 Å². The van der Waals surface area contributed by atoms with E-state index in [9.17, 15) is 13.2 Å². The van der Waals surface area contributed by atoms with E-state index in [0.717, 1.165) is 30.4 Å². The van der Waals surface area contributed by atoms with Gasteiger partial charge in [0.2, 0.25) is 0 Å².